The van der Waals surface area contributed by atoms with E-state index in [0.717, 1.165) is 61.1 Å². The van der Waals surface area contributed by atoms with Gasteiger partial charge in [-0.05, 0) is 58.2 Å². The fraction of sp³-hybridized carbons (Fsp3) is 0.593. The average molecular weight is 496 g/mol. The van der Waals surface area contributed by atoms with Gasteiger partial charge in [-0.1, -0.05) is 0 Å². The molecule has 9 heteroatoms. The molecule has 2 aromatic heterocycles. The van der Waals surface area contributed by atoms with E-state index in [-0.39, 0.29) is 23.1 Å². The van der Waals surface area contributed by atoms with E-state index in [9.17, 15) is 9.59 Å². The number of hydrogen-bond donors (Lipinski definition) is 1. The van der Waals surface area contributed by atoms with E-state index in [0.29, 0.717) is 37.3 Å². The Morgan fingerprint density at radius 2 is 1.97 bits per heavy atom. The van der Waals surface area contributed by atoms with E-state index in [4.69, 9.17) is 9.47 Å². The lowest BCUT2D eigenvalue weighted by atomic mass is 10.0. The summed E-state index contributed by atoms with van der Waals surface area (Å²) in [6.45, 7) is 14.3. The maximum Gasteiger partial charge on any atom is 0.259 e. The second-order valence-corrected chi connectivity index (χ2v) is 11.0. The highest BCUT2D eigenvalue weighted by atomic mass is 16.5. The zero-order valence-corrected chi connectivity index (χ0v) is 21.8. The summed E-state index contributed by atoms with van der Waals surface area (Å²) >= 11 is 0. The number of ether oxygens (including phenoxy) is 2. The quantitative estimate of drug-likeness (QED) is 0.529. The highest BCUT2D eigenvalue weighted by molar-refractivity contribution is 6.07. The Bertz CT molecular complexity index is 1310. The number of fused-ring (bicyclic) bond motifs is 3. The Balaban J connectivity index is 1.35. The minimum Gasteiger partial charge on any atom is -0.379 e. The molecule has 0 aliphatic carbocycles. The summed E-state index contributed by atoms with van der Waals surface area (Å²) in [7, 11) is 0. The predicted octanol–water partition coefficient (Wildman–Crippen LogP) is 3.11. The minimum atomic E-state index is -0.162. The second-order valence-electron chi connectivity index (χ2n) is 11.0. The third-order valence-corrected chi connectivity index (χ3v) is 7.20. The molecule has 1 aromatic carbocycles. The number of carbonyl (C=O) groups is 1. The maximum atomic E-state index is 13.6. The number of nitrogens with one attached hydrogen (secondary N) is 1. The summed E-state index contributed by atoms with van der Waals surface area (Å²) in [6, 6.07) is 3.95. The second kappa shape index (κ2) is 9.95. The van der Waals surface area contributed by atoms with Crippen LogP contribution in [0.4, 0.5) is 0 Å². The lowest BCUT2D eigenvalue weighted by Gasteiger charge is -2.35. The molecule has 0 bridgehead atoms. The maximum absolute atomic E-state index is 13.6. The zero-order chi connectivity index (χ0) is 25.4. The van der Waals surface area contributed by atoms with Gasteiger partial charge in [0, 0.05) is 56.9 Å². The number of piperazine rings is 1. The molecule has 1 amide bonds. The summed E-state index contributed by atoms with van der Waals surface area (Å²) in [4.78, 5) is 33.7. The van der Waals surface area contributed by atoms with Gasteiger partial charge in [0.1, 0.15) is 0 Å². The van der Waals surface area contributed by atoms with Gasteiger partial charge in [-0.3, -0.25) is 19.2 Å². The lowest BCUT2D eigenvalue weighted by Crippen LogP contribution is -2.49. The van der Waals surface area contributed by atoms with Crippen LogP contribution in [0.15, 0.2) is 23.1 Å². The Morgan fingerprint density at radius 3 is 2.67 bits per heavy atom. The van der Waals surface area contributed by atoms with Gasteiger partial charge in [-0.15, -0.1) is 0 Å². The molecular weight excluding hydrogens is 458 g/mol. The minimum absolute atomic E-state index is 0.0414. The number of carbonyl (C=O) groups excluding carboxylic acids is 1. The van der Waals surface area contributed by atoms with Crippen molar-refractivity contribution in [2.45, 2.75) is 52.2 Å². The Morgan fingerprint density at radius 1 is 1.19 bits per heavy atom. The number of hydrogen-bond acceptors (Lipinski definition) is 6. The van der Waals surface area contributed by atoms with Crippen molar-refractivity contribution in [2.24, 2.45) is 0 Å². The molecule has 9 nitrogen and oxygen atoms in total. The number of nitrogens with zero attached hydrogens (tertiary/aromatic N) is 4. The molecule has 3 aromatic rings. The molecule has 5 rings (SSSR count). The van der Waals surface area contributed by atoms with E-state index >= 15 is 0 Å². The Labute approximate surface area is 211 Å². The van der Waals surface area contributed by atoms with Crippen molar-refractivity contribution < 1.29 is 14.3 Å². The van der Waals surface area contributed by atoms with Gasteiger partial charge in [0.2, 0.25) is 0 Å². The molecule has 194 valence electrons. The van der Waals surface area contributed by atoms with Crippen LogP contribution < -0.4 is 5.56 Å². The number of pyridine rings is 1. The molecule has 2 fully saturated rings. The van der Waals surface area contributed by atoms with Gasteiger partial charge in [0.05, 0.1) is 40.9 Å². The van der Waals surface area contributed by atoms with Gasteiger partial charge >= 0.3 is 0 Å². The molecule has 1 N–H and O–H groups in total. The van der Waals surface area contributed by atoms with Crippen LogP contribution in [0, 0.1) is 6.92 Å². The third kappa shape index (κ3) is 5.05. The summed E-state index contributed by atoms with van der Waals surface area (Å²) in [6.07, 6.45) is 3.47. The van der Waals surface area contributed by atoms with Crippen LogP contribution >= 0.6 is 0 Å². The molecule has 2 saturated heterocycles. The van der Waals surface area contributed by atoms with Crippen molar-refractivity contribution in [2.75, 3.05) is 52.5 Å². The number of aromatic amines is 1. The van der Waals surface area contributed by atoms with Crippen molar-refractivity contribution in [3.63, 3.8) is 0 Å². The van der Waals surface area contributed by atoms with E-state index in [1.165, 1.54) is 0 Å². The molecule has 0 spiro atoms. The average Bonchev–Trinajstić information content (AvgIpc) is 3.51. The first-order valence-corrected chi connectivity index (χ1v) is 13.0. The number of amides is 1. The van der Waals surface area contributed by atoms with Crippen LogP contribution in [-0.4, -0.2) is 88.6 Å². The molecule has 1 unspecified atom stereocenters. The molecule has 4 heterocycles. The number of benzene rings is 1. The van der Waals surface area contributed by atoms with Gasteiger partial charge in [-0.25, -0.2) is 0 Å². The number of H-pyrrole nitrogens is 1. The Hall–Kier alpha value is -2.75. The smallest absolute Gasteiger partial charge is 0.259 e. The summed E-state index contributed by atoms with van der Waals surface area (Å²) in [5.41, 5.74) is 2.78. The number of aryl methyl sites for hydroxylation is 1. The van der Waals surface area contributed by atoms with Crippen molar-refractivity contribution in [3.8, 4) is 0 Å². The van der Waals surface area contributed by atoms with E-state index in [1.54, 1.807) is 6.20 Å². The molecule has 36 heavy (non-hydrogen) atoms. The van der Waals surface area contributed by atoms with Gasteiger partial charge in [0.15, 0.2) is 0 Å². The fourth-order valence-corrected chi connectivity index (χ4v) is 5.23. The van der Waals surface area contributed by atoms with E-state index in [1.807, 2.05) is 28.6 Å². The van der Waals surface area contributed by atoms with Gasteiger partial charge < -0.3 is 19.4 Å². The Kier molecular flexibility index (Phi) is 6.89. The first-order valence-electron chi connectivity index (χ1n) is 13.0. The number of rotatable bonds is 6. The van der Waals surface area contributed by atoms with Gasteiger partial charge in [-0.2, -0.15) is 5.10 Å². The molecule has 0 saturated carbocycles. The third-order valence-electron chi connectivity index (χ3n) is 7.20. The molecule has 2 aliphatic heterocycles. The molecule has 2 aliphatic rings. The predicted molar refractivity (Wildman–Crippen MR) is 140 cm³/mol. The van der Waals surface area contributed by atoms with Crippen molar-refractivity contribution in [3.05, 3.63) is 39.8 Å². The van der Waals surface area contributed by atoms with Crippen LogP contribution in [-0.2, 0) is 9.47 Å². The standard InChI is InChI=1S/C27H37N5O4/c1-18-14-23-21(24-22(25(33)29-23)16-28-32(24)19-6-13-35-17-19)15-20(18)26(34)31-10-8-30(9-11-31)7-5-12-36-27(2,3)4/h14-16,19H,5-13,17H2,1-4H3,(H,29,33). The summed E-state index contributed by atoms with van der Waals surface area (Å²) < 4.78 is 13.3. The van der Waals surface area contributed by atoms with Crippen molar-refractivity contribution in [1.29, 1.82) is 0 Å². The largest absolute Gasteiger partial charge is 0.379 e. The highest BCUT2D eigenvalue weighted by Crippen LogP contribution is 2.29. The topological polar surface area (TPSA) is 92.7 Å². The number of aromatic nitrogens is 3. The molecule has 1 atom stereocenters. The highest BCUT2D eigenvalue weighted by Gasteiger charge is 2.26. The van der Waals surface area contributed by atoms with Crippen LogP contribution in [0.3, 0.4) is 0 Å². The van der Waals surface area contributed by atoms with Gasteiger partial charge in [0.25, 0.3) is 11.5 Å². The first-order chi connectivity index (χ1) is 17.2. The summed E-state index contributed by atoms with van der Waals surface area (Å²) in [5.74, 6) is 0.0414. The van der Waals surface area contributed by atoms with E-state index in [2.05, 4.69) is 35.8 Å². The first kappa shape index (κ1) is 24.9. The monoisotopic (exact) mass is 495 g/mol. The van der Waals surface area contributed by atoms with Crippen LogP contribution in [0.5, 0.6) is 0 Å². The van der Waals surface area contributed by atoms with E-state index < -0.39 is 0 Å². The zero-order valence-electron chi connectivity index (χ0n) is 21.8. The van der Waals surface area contributed by atoms with Crippen LogP contribution in [0.25, 0.3) is 21.8 Å². The van der Waals surface area contributed by atoms with Crippen molar-refractivity contribution >= 4 is 27.7 Å². The fourth-order valence-electron chi connectivity index (χ4n) is 5.23. The van der Waals surface area contributed by atoms with Crippen LogP contribution in [0.2, 0.25) is 0 Å². The SMILES string of the molecule is Cc1cc2[nH]c(=O)c3cnn(C4CCOC4)c3c2cc1C(=O)N1CCN(CCCOC(C)(C)C)CC1. The lowest BCUT2D eigenvalue weighted by molar-refractivity contribution is -0.00827. The summed E-state index contributed by atoms with van der Waals surface area (Å²) in [5, 5.41) is 5.92. The van der Waals surface area contributed by atoms with Crippen molar-refractivity contribution in [1.82, 2.24) is 24.6 Å². The molecular formula is C27H37N5O4. The normalized spacial score (nSPS) is 19.6. The van der Waals surface area contributed by atoms with Crippen LogP contribution in [0.1, 0.15) is 55.6 Å². The molecule has 0 radical (unpaired) electrons.